The van der Waals surface area contributed by atoms with Crippen molar-refractivity contribution in [3.05, 3.63) is 29.8 Å². The van der Waals surface area contributed by atoms with Crippen LogP contribution in [0, 0.1) is 11.8 Å². The maximum absolute atomic E-state index is 12.8. The van der Waals surface area contributed by atoms with Gasteiger partial charge in [-0.2, -0.15) is 0 Å². The molecule has 2 N–H and O–H groups in total. The fourth-order valence-corrected chi connectivity index (χ4v) is 4.88. The second kappa shape index (κ2) is 8.19. The number of hydrogen-bond acceptors (Lipinski definition) is 5. The third-order valence-corrected chi connectivity index (χ3v) is 6.84. The molecule has 7 nitrogen and oxygen atoms in total. The van der Waals surface area contributed by atoms with Gasteiger partial charge in [0.2, 0.25) is 5.91 Å². The van der Waals surface area contributed by atoms with E-state index in [1.807, 2.05) is 12.1 Å². The van der Waals surface area contributed by atoms with Gasteiger partial charge in [-0.3, -0.25) is 9.59 Å². The minimum absolute atomic E-state index is 0.0897. The highest BCUT2D eigenvalue weighted by molar-refractivity contribution is 5.94. The van der Waals surface area contributed by atoms with Crippen molar-refractivity contribution in [2.75, 3.05) is 13.2 Å². The first-order chi connectivity index (χ1) is 14.6. The third-order valence-electron chi connectivity index (χ3n) is 6.84. The molecule has 0 radical (unpaired) electrons. The van der Waals surface area contributed by atoms with Gasteiger partial charge in [0.1, 0.15) is 18.0 Å². The summed E-state index contributed by atoms with van der Waals surface area (Å²) in [6.07, 6.45) is 5.31. The summed E-state index contributed by atoms with van der Waals surface area (Å²) in [4.78, 5) is 25.1. The van der Waals surface area contributed by atoms with Crippen molar-refractivity contribution in [2.45, 2.75) is 69.4 Å². The largest absolute Gasteiger partial charge is 0.490 e. The smallest absolute Gasteiger partial charge is 0.251 e. The molecule has 2 amide bonds. The van der Waals surface area contributed by atoms with E-state index in [0.717, 1.165) is 25.0 Å². The van der Waals surface area contributed by atoms with E-state index in [1.165, 1.54) is 12.8 Å². The Labute approximate surface area is 176 Å². The van der Waals surface area contributed by atoms with Crippen molar-refractivity contribution in [3.63, 3.8) is 0 Å². The Hall–Kier alpha value is -2.12. The van der Waals surface area contributed by atoms with Crippen LogP contribution in [0.25, 0.3) is 0 Å². The lowest BCUT2D eigenvalue weighted by molar-refractivity contribution is -0.124. The second-order valence-corrected chi connectivity index (χ2v) is 9.16. The van der Waals surface area contributed by atoms with E-state index in [0.29, 0.717) is 24.7 Å². The van der Waals surface area contributed by atoms with Crippen molar-refractivity contribution in [1.82, 2.24) is 10.6 Å². The summed E-state index contributed by atoms with van der Waals surface area (Å²) in [6.45, 7) is 2.88. The van der Waals surface area contributed by atoms with Gasteiger partial charge in [0, 0.05) is 11.5 Å². The molecule has 5 unspecified atom stereocenters. The van der Waals surface area contributed by atoms with Gasteiger partial charge < -0.3 is 24.8 Å². The number of rotatable bonds is 6. The van der Waals surface area contributed by atoms with Crippen LogP contribution in [0.4, 0.5) is 0 Å². The molecule has 2 saturated carbocycles. The molecular weight excluding hydrogens is 384 g/mol. The second-order valence-electron chi connectivity index (χ2n) is 9.16. The topological polar surface area (TPSA) is 85.9 Å². The number of carbonyl (C=O) groups excluding carboxylic acids is 2. The summed E-state index contributed by atoms with van der Waals surface area (Å²) >= 11 is 0. The molecule has 2 saturated heterocycles. The van der Waals surface area contributed by atoms with Crippen LogP contribution in [0.2, 0.25) is 0 Å². The highest BCUT2D eigenvalue weighted by atomic mass is 16.6. The normalized spacial score (nSPS) is 35.1. The molecule has 2 aliphatic heterocycles. The first-order valence-electron chi connectivity index (χ1n) is 11.2. The van der Waals surface area contributed by atoms with Crippen LogP contribution in [0.3, 0.4) is 0 Å². The van der Waals surface area contributed by atoms with Gasteiger partial charge in [-0.05, 0) is 56.2 Å². The number of benzene rings is 1. The van der Waals surface area contributed by atoms with Gasteiger partial charge in [0.15, 0.2) is 0 Å². The van der Waals surface area contributed by atoms with Gasteiger partial charge in [-0.1, -0.05) is 13.0 Å². The van der Waals surface area contributed by atoms with Crippen LogP contribution in [-0.2, 0) is 14.3 Å². The fraction of sp³-hybridized carbons (Fsp3) is 0.652. The highest BCUT2D eigenvalue weighted by Crippen LogP contribution is 2.38. The van der Waals surface area contributed by atoms with Gasteiger partial charge in [-0.15, -0.1) is 0 Å². The van der Waals surface area contributed by atoms with Crippen molar-refractivity contribution in [1.29, 1.82) is 0 Å². The van der Waals surface area contributed by atoms with E-state index >= 15 is 0 Å². The Morgan fingerprint density at radius 1 is 1.03 bits per heavy atom. The van der Waals surface area contributed by atoms with E-state index in [9.17, 15) is 9.59 Å². The van der Waals surface area contributed by atoms with Crippen molar-refractivity contribution < 1.29 is 23.8 Å². The number of fused-ring (bicyclic) bond motifs is 1. The van der Waals surface area contributed by atoms with Crippen LogP contribution < -0.4 is 15.4 Å². The summed E-state index contributed by atoms with van der Waals surface area (Å²) < 4.78 is 17.8. The molecule has 6 atom stereocenters. The first kappa shape index (κ1) is 19.8. The van der Waals surface area contributed by atoms with Crippen LogP contribution >= 0.6 is 0 Å². The maximum atomic E-state index is 12.8. The number of carbonyl (C=O) groups is 2. The number of nitrogens with one attached hydrogen (secondary N) is 2. The predicted molar refractivity (Wildman–Crippen MR) is 109 cm³/mol. The Morgan fingerprint density at radius 2 is 1.70 bits per heavy atom. The number of amides is 2. The lowest BCUT2D eigenvalue weighted by atomic mass is 10.1. The molecule has 4 aliphatic rings. The minimum Gasteiger partial charge on any atom is -0.490 e. The SMILES string of the molecule is C[C@@H]1CC1C(=O)NC1COC2C(NC(=O)c3cccc(OC4CCCC4)c3)COC12. The molecule has 2 heterocycles. The molecule has 0 spiro atoms. The summed E-state index contributed by atoms with van der Waals surface area (Å²) in [6, 6.07) is 6.96. The van der Waals surface area contributed by atoms with Crippen molar-refractivity contribution in [3.8, 4) is 5.75 Å². The predicted octanol–water partition coefficient (Wildman–Crippen LogP) is 2.04. The highest BCUT2D eigenvalue weighted by Gasteiger charge is 2.50. The lowest BCUT2D eigenvalue weighted by Crippen LogP contribution is -2.47. The Bertz CT molecular complexity index is 809. The van der Waals surface area contributed by atoms with Crippen LogP contribution in [-0.4, -0.2) is 55.4 Å². The molecule has 2 aliphatic carbocycles. The van der Waals surface area contributed by atoms with E-state index < -0.39 is 0 Å². The maximum Gasteiger partial charge on any atom is 0.251 e. The van der Waals surface area contributed by atoms with E-state index in [4.69, 9.17) is 14.2 Å². The zero-order valence-electron chi connectivity index (χ0n) is 17.3. The third kappa shape index (κ3) is 4.05. The Kier molecular flexibility index (Phi) is 5.41. The fourth-order valence-electron chi connectivity index (χ4n) is 4.88. The van der Waals surface area contributed by atoms with Crippen LogP contribution in [0.15, 0.2) is 24.3 Å². The first-order valence-corrected chi connectivity index (χ1v) is 11.2. The van der Waals surface area contributed by atoms with Crippen molar-refractivity contribution >= 4 is 11.8 Å². The quantitative estimate of drug-likeness (QED) is 0.744. The molecule has 0 bridgehead atoms. The number of hydrogen-bond donors (Lipinski definition) is 2. The zero-order chi connectivity index (χ0) is 20.7. The molecule has 30 heavy (non-hydrogen) atoms. The van der Waals surface area contributed by atoms with Gasteiger partial charge in [-0.25, -0.2) is 0 Å². The molecular formula is C23H30N2O5. The van der Waals surface area contributed by atoms with Crippen molar-refractivity contribution in [2.24, 2.45) is 11.8 Å². The monoisotopic (exact) mass is 414 g/mol. The van der Waals surface area contributed by atoms with Gasteiger partial charge in [0.05, 0.1) is 31.4 Å². The summed E-state index contributed by atoms with van der Waals surface area (Å²) in [5.74, 6) is 1.26. The molecule has 1 aromatic rings. The molecule has 4 fully saturated rings. The number of ether oxygens (including phenoxy) is 3. The minimum atomic E-state index is -0.242. The molecule has 162 valence electrons. The Morgan fingerprint density at radius 3 is 2.37 bits per heavy atom. The summed E-state index contributed by atoms with van der Waals surface area (Å²) in [5.41, 5.74) is 0.569. The molecule has 5 rings (SSSR count). The van der Waals surface area contributed by atoms with Crippen LogP contribution in [0.5, 0.6) is 5.75 Å². The van der Waals surface area contributed by atoms with Crippen LogP contribution in [0.1, 0.15) is 49.4 Å². The van der Waals surface area contributed by atoms with Gasteiger partial charge in [0.25, 0.3) is 5.91 Å². The average Bonchev–Trinajstić information content (AvgIpc) is 3.12. The van der Waals surface area contributed by atoms with Gasteiger partial charge >= 0.3 is 0 Å². The molecule has 7 heteroatoms. The molecule has 0 aromatic heterocycles. The standard InChI is InChI=1S/C23H30N2O5/c1-13-9-17(13)23(27)25-19-12-29-20-18(11-28-21(19)20)24-22(26)14-5-4-8-16(10-14)30-15-6-2-3-7-15/h4-5,8,10,13,15,17-21H,2-3,6-7,9,11-12H2,1H3,(H,24,26)(H,25,27)/t13-,17?,18?,19?,20?,21?/m1/s1. The summed E-state index contributed by atoms with van der Waals surface area (Å²) in [5, 5.41) is 6.12. The summed E-state index contributed by atoms with van der Waals surface area (Å²) in [7, 11) is 0. The van der Waals surface area contributed by atoms with E-state index in [-0.39, 0.29) is 48.1 Å². The molecule has 1 aromatic carbocycles. The average molecular weight is 415 g/mol. The van der Waals surface area contributed by atoms with E-state index in [2.05, 4.69) is 17.6 Å². The Balaban J connectivity index is 1.16. The lowest BCUT2D eigenvalue weighted by Gasteiger charge is -2.19. The zero-order valence-corrected chi connectivity index (χ0v) is 17.3. The van der Waals surface area contributed by atoms with E-state index in [1.54, 1.807) is 12.1 Å².